The molecule has 100 valence electrons. The highest BCUT2D eigenvalue weighted by atomic mass is 16.6. The fraction of sp³-hybridized carbons (Fsp3) is 0.312. The first-order valence-corrected chi connectivity index (χ1v) is 6.35. The van der Waals surface area contributed by atoms with E-state index < -0.39 is 5.60 Å². The van der Waals surface area contributed by atoms with Gasteiger partial charge in [0.1, 0.15) is 5.60 Å². The van der Waals surface area contributed by atoms with Crippen LogP contribution in [0.4, 0.5) is 4.79 Å². The number of aromatic nitrogens is 1. The van der Waals surface area contributed by atoms with E-state index in [0.29, 0.717) is 0 Å². The lowest BCUT2D eigenvalue weighted by molar-refractivity contribution is 0.0540. The first kappa shape index (κ1) is 13.4. The van der Waals surface area contributed by atoms with Gasteiger partial charge >= 0.3 is 6.09 Å². The van der Waals surface area contributed by atoms with Crippen LogP contribution in [-0.2, 0) is 4.74 Å². The van der Waals surface area contributed by atoms with Crippen molar-refractivity contribution in [3.63, 3.8) is 0 Å². The Bertz CT molecular complexity index is 577. The summed E-state index contributed by atoms with van der Waals surface area (Å²) in [6, 6.07) is 11.8. The molecule has 0 saturated heterocycles. The van der Waals surface area contributed by atoms with Crippen molar-refractivity contribution in [3.8, 4) is 11.3 Å². The van der Waals surface area contributed by atoms with Gasteiger partial charge in [0.15, 0.2) is 0 Å². The zero-order chi connectivity index (χ0) is 14.0. The highest BCUT2D eigenvalue weighted by Gasteiger charge is 2.20. The molecule has 0 aliphatic heterocycles. The largest absolute Gasteiger partial charge is 0.443 e. The summed E-state index contributed by atoms with van der Waals surface area (Å²) in [5, 5.41) is 0. The van der Waals surface area contributed by atoms with Gasteiger partial charge < -0.3 is 4.74 Å². The Labute approximate surface area is 113 Å². The smallest absolute Gasteiger partial charge is 0.418 e. The van der Waals surface area contributed by atoms with Crippen molar-refractivity contribution >= 4 is 6.09 Å². The number of nitrogens with zero attached hydrogens (tertiary/aromatic N) is 1. The number of rotatable bonds is 1. The fourth-order valence-corrected chi connectivity index (χ4v) is 1.96. The number of hydrogen-bond donors (Lipinski definition) is 0. The second-order valence-electron chi connectivity index (χ2n) is 5.56. The average molecular weight is 257 g/mol. The molecule has 1 heterocycles. The van der Waals surface area contributed by atoms with Crippen LogP contribution in [0.15, 0.2) is 42.6 Å². The molecule has 0 aliphatic carbocycles. The first-order chi connectivity index (χ1) is 8.88. The quantitative estimate of drug-likeness (QED) is 0.764. The summed E-state index contributed by atoms with van der Waals surface area (Å²) in [6.07, 6.45) is 1.41. The molecular weight excluding hydrogens is 238 g/mol. The lowest BCUT2D eigenvalue weighted by Gasteiger charge is -2.20. The minimum absolute atomic E-state index is 0.348. The SMILES string of the molecule is Cc1ccn(C(=O)OC(C)(C)C)c1-c1ccccc1. The molecule has 0 unspecified atom stereocenters. The average Bonchev–Trinajstić information content (AvgIpc) is 2.70. The second-order valence-corrected chi connectivity index (χ2v) is 5.56. The predicted molar refractivity (Wildman–Crippen MR) is 76.2 cm³/mol. The summed E-state index contributed by atoms with van der Waals surface area (Å²) in [6.45, 7) is 7.58. The van der Waals surface area contributed by atoms with Crippen LogP contribution in [0.2, 0.25) is 0 Å². The van der Waals surface area contributed by atoms with Crippen molar-refractivity contribution in [3.05, 3.63) is 48.2 Å². The summed E-state index contributed by atoms with van der Waals surface area (Å²) >= 11 is 0. The highest BCUT2D eigenvalue weighted by Crippen LogP contribution is 2.25. The standard InChI is InChI=1S/C16H19NO2/c1-12-10-11-17(15(18)19-16(2,3)4)14(12)13-8-6-5-7-9-13/h5-11H,1-4H3. The lowest BCUT2D eigenvalue weighted by Crippen LogP contribution is -2.27. The molecule has 1 aromatic carbocycles. The Balaban J connectivity index is 2.41. The molecule has 19 heavy (non-hydrogen) atoms. The van der Waals surface area contributed by atoms with E-state index in [9.17, 15) is 4.79 Å². The van der Waals surface area contributed by atoms with E-state index in [1.165, 1.54) is 0 Å². The molecule has 0 N–H and O–H groups in total. The monoisotopic (exact) mass is 257 g/mol. The third-order valence-electron chi connectivity index (χ3n) is 2.73. The first-order valence-electron chi connectivity index (χ1n) is 6.35. The molecule has 3 nitrogen and oxygen atoms in total. The van der Waals surface area contributed by atoms with Gasteiger partial charge in [-0.1, -0.05) is 30.3 Å². The minimum atomic E-state index is -0.497. The topological polar surface area (TPSA) is 31.2 Å². The van der Waals surface area contributed by atoms with Gasteiger partial charge in [0.2, 0.25) is 0 Å². The van der Waals surface area contributed by atoms with E-state index in [0.717, 1.165) is 16.8 Å². The summed E-state index contributed by atoms with van der Waals surface area (Å²) in [5.74, 6) is 0. The Hall–Kier alpha value is -2.03. The lowest BCUT2D eigenvalue weighted by atomic mass is 10.1. The summed E-state index contributed by atoms with van der Waals surface area (Å²) < 4.78 is 6.99. The zero-order valence-corrected chi connectivity index (χ0v) is 11.8. The van der Waals surface area contributed by atoms with Crippen molar-refractivity contribution in [1.82, 2.24) is 4.57 Å². The molecule has 0 bridgehead atoms. The summed E-state index contributed by atoms with van der Waals surface area (Å²) in [7, 11) is 0. The van der Waals surface area contributed by atoms with Crippen LogP contribution in [0.5, 0.6) is 0 Å². The van der Waals surface area contributed by atoms with Crippen LogP contribution in [0.25, 0.3) is 11.3 Å². The summed E-state index contributed by atoms with van der Waals surface area (Å²) in [5.41, 5.74) is 2.45. The van der Waals surface area contributed by atoms with Gasteiger partial charge in [-0.25, -0.2) is 4.79 Å². The predicted octanol–water partition coefficient (Wildman–Crippen LogP) is 4.25. The van der Waals surface area contributed by atoms with Gasteiger partial charge in [-0.3, -0.25) is 4.57 Å². The molecule has 2 aromatic rings. The number of carbonyl (C=O) groups excluding carboxylic acids is 1. The molecule has 0 radical (unpaired) electrons. The van der Waals surface area contributed by atoms with Crippen LogP contribution in [0, 0.1) is 6.92 Å². The number of benzene rings is 1. The van der Waals surface area contributed by atoms with Crippen molar-refractivity contribution < 1.29 is 9.53 Å². The number of aryl methyl sites for hydroxylation is 1. The Morgan fingerprint density at radius 3 is 2.32 bits per heavy atom. The fourth-order valence-electron chi connectivity index (χ4n) is 1.96. The molecule has 0 atom stereocenters. The van der Waals surface area contributed by atoms with Crippen LogP contribution in [0.3, 0.4) is 0 Å². The Kier molecular flexibility index (Phi) is 3.47. The maximum atomic E-state index is 12.2. The van der Waals surface area contributed by atoms with Crippen molar-refractivity contribution in [2.45, 2.75) is 33.3 Å². The van der Waals surface area contributed by atoms with Crippen LogP contribution < -0.4 is 0 Å². The molecule has 0 amide bonds. The van der Waals surface area contributed by atoms with Gasteiger partial charge in [0.05, 0.1) is 5.69 Å². The van der Waals surface area contributed by atoms with Crippen LogP contribution >= 0.6 is 0 Å². The minimum Gasteiger partial charge on any atom is -0.443 e. The molecule has 0 fully saturated rings. The molecule has 2 rings (SSSR count). The van der Waals surface area contributed by atoms with Gasteiger partial charge in [-0.2, -0.15) is 0 Å². The highest BCUT2D eigenvalue weighted by molar-refractivity contribution is 5.80. The Morgan fingerprint density at radius 2 is 1.74 bits per heavy atom. The number of hydrogen-bond acceptors (Lipinski definition) is 2. The van der Waals surface area contributed by atoms with E-state index >= 15 is 0 Å². The van der Waals surface area contributed by atoms with Crippen LogP contribution in [0.1, 0.15) is 26.3 Å². The molecule has 3 heteroatoms. The van der Waals surface area contributed by atoms with Gasteiger partial charge in [0, 0.05) is 6.20 Å². The summed E-state index contributed by atoms with van der Waals surface area (Å²) in [4.78, 5) is 12.2. The van der Waals surface area contributed by atoms with E-state index in [4.69, 9.17) is 4.74 Å². The molecule has 0 aliphatic rings. The van der Waals surface area contributed by atoms with Gasteiger partial charge in [-0.15, -0.1) is 0 Å². The number of ether oxygens (including phenoxy) is 1. The van der Waals surface area contributed by atoms with Crippen molar-refractivity contribution in [2.75, 3.05) is 0 Å². The number of carbonyl (C=O) groups is 1. The van der Waals surface area contributed by atoms with E-state index in [2.05, 4.69) is 0 Å². The van der Waals surface area contributed by atoms with E-state index in [1.807, 2.05) is 64.1 Å². The zero-order valence-electron chi connectivity index (χ0n) is 11.8. The van der Waals surface area contributed by atoms with Gasteiger partial charge in [-0.05, 0) is 44.9 Å². The molecule has 0 spiro atoms. The van der Waals surface area contributed by atoms with E-state index in [1.54, 1.807) is 10.8 Å². The molecular formula is C16H19NO2. The van der Waals surface area contributed by atoms with Gasteiger partial charge in [0.25, 0.3) is 0 Å². The normalized spacial score (nSPS) is 11.4. The second kappa shape index (κ2) is 4.92. The maximum Gasteiger partial charge on any atom is 0.418 e. The third-order valence-corrected chi connectivity index (χ3v) is 2.73. The Morgan fingerprint density at radius 1 is 1.11 bits per heavy atom. The van der Waals surface area contributed by atoms with Crippen molar-refractivity contribution in [1.29, 1.82) is 0 Å². The third kappa shape index (κ3) is 3.05. The molecule has 1 aromatic heterocycles. The maximum absolute atomic E-state index is 12.2. The van der Waals surface area contributed by atoms with Crippen LogP contribution in [-0.4, -0.2) is 16.3 Å². The molecule has 0 saturated carbocycles. The van der Waals surface area contributed by atoms with Crippen molar-refractivity contribution in [2.24, 2.45) is 0 Å². The van der Waals surface area contributed by atoms with E-state index in [-0.39, 0.29) is 6.09 Å².